The lowest BCUT2D eigenvalue weighted by Gasteiger charge is -2.29. The second kappa shape index (κ2) is 17.9. The van der Waals surface area contributed by atoms with Crippen LogP contribution in [-0.2, 0) is 6.42 Å². The summed E-state index contributed by atoms with van der Waals surface area (Å²) in [7, 11) is 0. The summed E-state index contributed by atoms with van der Waals surface area (Å²) in [5.41, 5.74) is 1.49. The molecule has 2 nitrogen and oxygen atoms in total. The molecule has 0 aliphatic heterocycles. The Bertz CT molecular complexity index is 634. The quantitative estimate of drug-likeness (QED) is 0.188. The highest BCUT2D eigenvalue weighted by Gasteiger charge is 2.23. The van der Waals surface area contributed by atoms with Crippen molar-refractivity contribution in [2.75, 3.05) is 0 Å². The van der Waals surface area contributed by atoms with Gasteiger partial charge in [-0.15, -0.1) is 0 Å². The lowest BCUT2D eigenvalue weighted by molar-refractivity contribution is 0.275. The third-order valence-corrected chi connectivity index (χ3v) is 7.07. The van der Waals surface area contributed by atoms with Gasteiger partial charge < -0.3 is 4.57 Å². The van der Waals surface area contributed by atoms with Crippen LogP contribution in [0.3, 0.4) is 0 Å². The smallest absolute Gasteiger partial charge is 0.0948 e. The van der Waals surface area contributed by atoms with Crippen molar-refractivity contribution in [1.82, 2.24) is 9.55 Å². The Kier molecular flexibility index (Phi) is 14.9. The van der Waals surface area contributed by atoms with E-state index in [1.807, 2.05) is 6.20 Å². The molecule has 1 heterocycles. The number of nitrogens with zero attached hydrogens (tertiary/aromatic N) is 2. The van der Waals surface area contributed by atoms with Crippen LogP contribution in [0.2, 0.25) is 0 Å². The van der Waals surface area contributed by atoms with E-state index >= 15 is 0 Å². The fourth-order valence-corrected chi connectivity index (χ4v) is 5.12. The molecule has 0 saturated carbocycles. The normalized spacial score (nSPS) is 13.3. The molecule has 0 aliphatic carbocycles. The number of imidazole rings is 1. The number of rotatable bonds is 20. The van der Waals surface area contributed by atoms with E-state index in [0.29, 0.717) is 12.0 Å². The summed E-state index contributed by atoms with van der Waals surface area (Å²) in [4.78, 5) is 4.41. The Morgan fingerprint density at radius 2 is 1.25 bits per heavy atom. The van der Waals surface area contributed by atoms with Crippen LogP contribution in [0, 0.1) is 5.92 Å². The Balaban J connectivity index is 1.91. The van der Waals surface area contributed by atoms with E-state index in [-0.39, 0.29) is 0 Å². The first-order chi connectivity index (χ1) is 15.8. The molecule has 0 bridgehead atoms. The van der Waals surface area contributed by atoms with Gasteiger partial charge in [-0.3, -0.25) is 0 Å². The van der Waals surface area contributed by atoms with Crippen LogP contribution in [0.4, 0.5) is 0 Å². The number of benzene rings is 1. The largest absolute Gasteiger partial charge is 0.334 e. The third kappa shape index (κ3) is 11.3. The number of hydrogen-bond donors (Lipinski definition) is 0. The fourth-order valence-electron chi connectivity index (χ4n) is 5.12. The van der Waals surface area contributed by atoms with E-state index in [1.165, 1.54) is 115 Å². The minimum absolute atomic E-state index is 0.577. The lowest BCUT2D eigenvalue weighted by Crippen LogP contribution is -2.21. The maximum Gasteiger partial charge on any atom is 0.0948 e. The van der Waals surface area contributed by atoms with Crippen LogP contribution >= 0.6 is 0 Å². The third-order valence-electron chi connectivity index (χ3n) is 7.07. The van der Waals surface area contributed by atoms with Gasteiger partial charge in [0.25, 0.3) is 0 Å². The second-order valence-electron chi connectivity index (χ2n) is 9.85. The molecule has 180 valence electrons. The molecule has 0 N–H and O–H groups in total. The van der Waals surface area contributed by atoms with Gasteiger partial charge in [0, 0.05) is 18.4 Å². The summed E-state index contributed by atoms with van der Waals surface area (Å²) >= 11 is 0. The Morgan fingerprint density at radius 3 is 1.81 bits per heavy atom. The summed E-state index contributed by atoms with van der Waals surface area (Å²) in [6, 6.07) is 11.7. The molecule has 1 aromatic carbocycles. The molecule has 2 unspecified atom stereocenters. The average Bonchev–Trinajstić information content (AvgIpc) is 3.35. The number of unbranched alkanes of at least 4 members (excludes halogenated alkanes) is 12. The van der Waals surface area contributed by atoms with Crippen molar-refractivity contribution in [3.8, 4) is 0 Å². The molecule has 2 rings (SSSR count). The van der Waals surface area contributed by atoms with Crippen LogP contribution in [0.15, 0.2) is 49.1 Å². The van der Waals surface area contributed by atoms with Gasteiger partial charge in [0.05, 0.1) is 6.33 Å². The first kappa shape index (κ1) is 26.7. The van der Waals surface area contributed by atoms with Crippen LogP contribution in [-0.4, -0.2) is 9.55 Å². The van der Waals surface area contributed by atoms with Crippen molar-refractivity contribution in [3.63, 3.8) is 0 Å². The predicted molar refractivity (Wildman–Crippen MR) is 140 cm³/mol. The molecule has 0 radical (unpaired) electrons. The zero-order chi connectivity index (χ0) is 22.7. The molecule has 0 amide bonds. The summed E-state index contributed by atoms with van der Waals surface area (Å²) in [5.74, 6) is 0.697. The van der Waals surface area contributed by atoms with Crippen LogP contribution in [0.5, 0.6) is 0 Å². The summed E-state index contributed by atoms with van der Waals surface area (Å²) in [5, 5.41) is 0. The van der Waals surface area contributed by atoms with Gasteiger partial charge in [-0.2, -0.15) is 0 Å². The van der Waals surface area contributed by atoms with Crippen molar-refractivity contribution >= 4 is 0 Å². The van der Waals surface area contributed by atoms with Gasteiger partial charge >= 0.3 is 0 Å². The van der Waals surface area contributed by atoms with Gasteiger partial charge in [0.15, 0.2) is 0 Å². The zero-order valence-electron chi connectivity index (χ0n) is 21.2. The topological polar surface area (TPSA) is 17.8 Å². The molecule has 0 spiro atoms. The maximum absolute atomic E-state index is 4.41. The van der Waals surface area contributed by atoms with Gasteiger partial charge in [0.1, 0.15) is 0 Å². The van der Waals surface area contributed by atoms with Gasteiger partial charge in [-0.05, 0) is 30.7 Å². The highest BCUT2D eigenvalue weighted by atomic mass is 15.1. The number of hydrogen-bond acceptors (Lipinski definition) is 1. The minimum atomic E-state index is 0.577. The molecule has 0 fully saturated rings. The van der Waals surface area contributed by atoms with Gasteiger partial charge in [-0.25, -0.2) is 4.98 Å². The second-order valence-corrected chi connectivity index (χ2v) is 9.85. The molecular weight excluding hydrogens is 388 g/mol. The van der Waals surface area contributed by atoms with Crippen LogP contribution < -0.4 is 0 Å². The van der Waals surface area contributed by atoms with Crippen LogP contribution in [0.25, 0.3) is 0 Å². The highest BCUT2D eigenvalue weighted by Crippen LogP contribution is 2.32. The first-order valence-electron chi connectivity index (χ1n) is 13.9. The SMILES string of the molecule is CCCCCCCCCCC(C(CCCCCCCC)Cc1ccccc1)n1ccnc1. The predicted octanol–water partition coefficient (Wildman–Crippen LogP) is 9.56. The summed E-state index contributed by atoms with van der Waals surface area (Å²) in [6.07, 6.45) is 29.5. The number of aromatic nitrogens is 2. The van der Waals surface area contributed by atoms with Gasteiger partial charge in [0.2, 0.25) is 0 Å². The Hall–Kier alpha value is -1.57. The molecular formula is C30H50N2. The van der Waals surface area contributed by atoms with E-state index in [9.17, 15) is 0 Å². The standard InChI is InChI=1S/C30H50N2/c1-3-5-7-9-11-12-14-19-23-30(32-25-24-31-27-32)29(22-18-13-10-8-6-4-2)26-28-20-16-15-17-21-28/h15-17,20-21,24-25,27,29-30H,3-14,18-19,22-23,26H2,1-2H3. The Morgan fingerprint density at radius 1 is 0.688 bits per heavy atom. The maximum atomic E-state index is 4.41. The molecule has 2 atom stereocenters. The lowest BCUT2D eigenvalue weighted by atomic mass is 9.84. The average molecular weight is 439 g/mol. The van der Waals surface area contributed by atoms with E-state index in [1.54, 1.807) is 0 Å². The highest BCUT2D eigenvalue weighted by molar-refractivity contribution is 5.15. The van der Waals surface area contributed by atoms with Crippen molar-refractivity contribution in [1.29, 1.82) is 0 Å². The molecule has 0 saturated heterocycles. The molecule has 2 heteroatoms. The van der Waals surface area contributed by atoms with E-state index in [2.05, 4.69) is 66.3 Å². The molecule has 1 aromatic heterocycles. The fraction of sp³-hybridized carbons (Fsp3) is 0.700. The molecule has 32 heavy (non-hydrogen) atoms. The van der Waals surface area contributed by atoms with Crippen molar-refractivity contribution in [3.05, 3.63) is 54.6 Å². The monoisotopic (exact) mass is 438 g/mol. The van der Waals surface area contributed by atoms with E-state index in [4.69, 9.17) is 0 Å². The minimum Gasteiger partial charge on any atom is -0.334 e. The molecule has 0 aliphatic rings. The Labute approximate surface area is 199 Å². The van der Waals surface area contributed by atoms with Crippen LogP contribution in [0.1, 0.15) is 128 Å². The molecule has 2 aromatic rings. The van der Waals surface area contributed by atoms with E-state index in [0.717, 1.165) is 0 Å². The summed E-state index contributed by atoms with van der Waals surface area (Å²) < 4.78 is 2.42. The van der Waals surface area contributed by atoms with Crippen molar-refractivity contribution < 1.29 is 0 Å². The summed E-state index contributed by atoms with van der Waals surface area (Å²) in [6.45, 7) is 4.60. The van der Waals surface area contributed by atoms with E-state index < -0.39 is 0 Å². The first-order valence-corrected chi connectivity index (χ1v) is 13.9. The van der Waals surface area contributed by atoms with Crippen molar-refractivity contribution in [2.24, 2.45) is 5.92 Å². The van der Waals surface area contributed by atoms with Gasteiger partial charge in [-0.1, -0.05) is 134 Å². The van der Waals surface area contributed by atoms with Crippen molar-refractivity contribution in [2.45, 2.75) is 129 Å². The zero-order valence-corrected chi connectivity index (χ0v) is 21.2.